The predicted molar refractivity (Wildman–Crippen MR) is 111 cm³/mol. The molecular formula is C24H20ClNO2. The third-order valence-corrected chi connectivity index (χ3v) is 5.71. The molecule has 0 fully saturated rings. The van der Waals surface area contributed by atoms with Gasteiger partial charge in [0, 0.05) is 12.3 Å². The van der Waals surface area contributed by atoms with Crippen LogP contribution in [0.25, 0.3) is 43.2 Å². The number of benzene rings is 4. The maximum Gasteiger partial charge on any atom is 0.221 e. The van der Waals surface area contributed by atoms with Crippen LogP contribution in [0.15, 0.2) is 60.7 Å². The number of aromatic hydroxyl groups is 1. The number of aromatic nitrogens is 1. The monoisotopic (exact) mass is 389 g/mol. The summed E-state index contributed by atoms with van der Waals surface area (Å²) in [6, 6.07) is 21.1. The first-order valence-corrected chi connectivity index (χ1v) is 9.03. The molecule has 0 aliphatic heterocycles. The second-order valence-electron chi connectivity index (χ2n) is 7.07. The Balaban J connectivity index is 0.00000192. The van der Waals surface area contributed by atoms with Crippen molar-refractivity contribution in [3.8, 4) is 11.5 Å². The van der Waals surface area contributed by atoms with E-state index in [9.17, 15) is 5.11 Å². The van der Waals surface area contributed by atoms with E-state index in [-0.39, 0.29) is 18.2 Å². The first-order chi connectivity index (χ1) is 13.1. The Bertz CT molecular complexity index is 1390. The van der Waals surface area contributed by atoms with Crippen molar-refractivity contribution in [2.24, 2.45) is 7.05 Å². The molecule has 1 aromatic heterocycles. The highest BCUT2D eigenvalue weighted by Gasteiger charge is 2.22. The Hall–Kier alpha value is -3.04. The number of fused-ring (bicyclic) bond motifs is 6. The number of phenols is 1. The number of phenolic OH excluding ortho intramolecular Hbond substituents is 1. The molecule has 3 nitrogen and oxygen atoms in total. The topological polar surface area (TPSA) is 33.3 Å². The largest absolute Gasteiger partial charge is 1.00 e. The second-order valence-corrected chi connectivity index (χ2v) is 7.07. The number of aryl methyl sites for hydroxylation is 2. The van der Waals surface area contributed by atoms with Gasteiger partial charge >= 0.3 is 0 Å². The standard InChI is InChI=1S/C24H19NO2.ClH/c1-14-22-18(10-11-21(27-3)24(22)26)19-9-8-17-12-15-6-4-5-7-16(15)13-20(17)23(19)25(14)2;/h4-13H,1-3H3;1H. The minimum atomic E-state index is 0. The fourth-order valence-corrected chi connectivity index (χ4v) is 4.24. The summed E-state index contributed by atoms with van der Waals surface area (Å²) in [5.74, 6) is 0.695. The van der Waals surface area contributed by atoms with Gasteiger partial charge in [0.25, 0.3) is 0 Å². The van der Waals surface area contributed by atoms with Crippen molar-refractivity contribution in [2.45, 2.75) is 6.92 Å². The second kappa shape index (κ2) is 6.54. The molecule has 5 aromatic rings. The minimum absolute atomic E-state index is 0. The molecule has 0 saturated heterocycles. The number of rotatable bonds is 1. The molecular weight excluding hydrogens is 370 g/mol. The predicted octanol–water partition coefficient (Wildman–Crippen LogP) is 2.15. The first-order valence-electron chi connectivity index (χ1n) is 9.03. The molecule has 5 rings (SSSR count). The molecule has 4 aromatic carbocycles. The number of hydrogen-bond donors (Lipinski definition) is 1. The Morgan fingerprint density at radius 2 is 1.50 bits per heavy atom. The highest BCUT2D eigenvalue weighted by atomic mass is 35.5. The molecule has 0 amide bonds. The Kier molecular flexibility index (Phi) is 4.28. The highest BCUT2D eigenvalue weighted by Crippen LogP contribution is 2.39. The summed E-state index contributed by atoms with van der Waals surface area (Å²) < 4.78 is 7.49. The third-order valence-electron chi connectivity index (χ3n) is 5.71. The van der Waals surface area contributed by atoms with Gasteiger partial charge in [-0.25, -0.2) is 0 Å². The van der Waals surface area contributed by atoms with Crippen molar-refractivity contribution in [3.05, 3.63) is 66.4 Å². The zero-order chi connectivity index (χ0) is 18.7. The van der Waals surface area contributed by atoms with Gasteiger partial charge < -0.3 is 22.3 Å². The van der Waals surface area contributed by atoms with Crippen molar-refractivity contribution in [3.63, 3.8) is 0 Å². The quantitative estimate of drug-likeness (QED) is 0.271. The summed E-state index contributed by atoms with van der Waals surface area (Å²) in [6.45, 7) is 2.04. The fraction of sp³-hybridized carbons (Fsp3) is 0.125. The van der Waals surface area contributed by atoms with E-state index in [4.69, 9.17) is 4.74 Å². The SMILES string of the molecule is COc1ccc2c(c1O)c(C)[n+](C)c1c3cc4ccccc4cc3ccc21.[Cl-]. The maximum atomic E-state index is 10.7. The molecule has 1 N–H and O–H groups in total. The van der Waals surface area contributed by atoms with Gasteiger partial charge in [-0.05, 0) is 46.5 Å². The summed E-state index contributed by atoms with van der Waals surface area (Å²) >= 11 is 0. The van der Waals surface area contributed by atoms with Crippen LogP contribution in [0, 0.1) is 6.92 Å². The van der Waals surface area contributed by atoms with Crippen molar-refractivity contribution in [2.75, 3.05) is 7.11 Å². The molecule has 0 aliphatic rings. The van der Waals surface area contributed by atoms with Crippen LogP contribution in [0.4, 0.5) is 0 Å². The third kappa shape index (κ3) is 2.40. The normalized spacial score (nSPS) is 11.2. The van der Waals surface area contributed by atoms with Crippen LogP contribution in [-0.4, -0.2) is 12.2 Å². The summed E-state index contributed by atoms with van der Waals surface area (Å²) in [5.41, 5.74) is 2.18. The van der Waals surface area contributed by atoms with E-state index >= 15 is 0 Å². The van der Waals surface area contributed by atoms with Gasteiger partial charge in [-0.1, -0.05) is 30.3 Å². The lowest BCUT2D eigenvalue weighted by Gasteiger charge is -2.12. The minimum Gasteiger partial charge on any atom is -1.00 e. The van der Waals surface area contributed by atoms with Gasteiger partial charge in [0.15, 0.2) is 17.2 Å². The molecule has 0 radical (unpaired) electrons. The number of pyridine rings is 1. The zero-order valence-electron chi connectivity index (χ0n) is 16.0. The van der Waals surface area contributed by atoms with E-state index in [1.165, 1.54) is 27.1 Å². The van der Waals surface area contributed by atoms with Gasteiger partial charge in [-0.2, -0.15) is 4.57 Å². The number of methoxy groups -OCH3 is 1. The van der Waals surface area contributed by atoms with Crippen LogP contribution in [0.3, 0.4) is 0 Å². The van der Waals surface area contributed by atoms with E-state index < -0.39 is 0 Å². The van der Waals surface area contributed by atoms with E-state index in [2.05, 4.69) is 60.1 Å². The molecule has 28 heavy (non-hydrogen) atoms. The number of hydrogen-bond acceptors (Lipinski definition) is 2. The molecule has 0 atom stereocenters. The van der Waals surface area contributed by atoms with Crippen molar-refractivity contribution < 1.29 is 26.8 Å². The lowest BCUT2D eigenvalue weighted by atomic mass is 9.96. The molecule has 0 spiro atoms. The van der Waals surface area contributed by atoms with Gasteiger partial charge in [-0.15, -0.1) is 0 Å². The number of nitrogens with zero attached hydrogens (tertiary/aromatic N) is 1. The van der Waals surface area contributed by atoms with E-state index in [1.807, 2.05) is 19.1 Å². The van der Waals surface area contributed by atoms with Crippen LogP contribution < -0.4 is 21.7 Å². The van der Waals surface area contributed by atoms with Crippen LogP contribution in [-0.2, 0) is 7.05 Å². The van der Waals surface area contributed by atoms with Gasteiger partial charge in [0.2, 0.25) is 5.52 Å². The van der Waals surface area contributed by atoms with E-state index in [0.29, 0.717) is 5.75 Å². The average molecular weight is 390 g/mol. The smallest absolute Gasteiger partial charge is 0.221 e. The van der Waals surface area contributed by atoms with Gasteiger partial charge in [-0.3, -0.25) is 0 Å². The van der Waals surface area contributed by atoms with Crippen LogP contribution in [0.1, 0.15) is 5.69 Å². The molecule has 140 valence electrons. The zero-order valence-corrected chi connectivity index (χ0v) is 16.7. The molecule has 0 saturated carbocycles. The van der Waals surface area contributed by atoms with Crippen LogP contribution in [0.2, 0.25) is 0 Å². The lowest BCUT2D eigenvalue weighted by Crippen LogP contribution is -3.00. The molecule has 0 unspecified atom stereocenters. The highest BCUT2D eigenvalue weighted by molar-refractivity contribution is 6.17. The van der Waals surface area contributed by atoms with Gasteiger partial charge in [0.1, 0.15) is 7.05 Å². The summed E-state index contributed by atoms with van der Waals surface area (Å²) in [6.07, 6.45) is 0. The van der Waals surface area contributed by atoms with E-state index in [0.717, 1.165) is 21.9 Å². The molecule has 0 bridgehead atoms. The summed E-state index contributed by atoms with van der Waals surface area (Å²) in [4.78, 5) is 0. The average Bonchev–Trinajstić information content (AvgIpc) is 2.69. The van der Waals surface area contributed by atoms with Gasteiger partial charge in [0.05, 0.1) is 23.3 Å². The number of halogens is 1. The van der Waals surface area contributed by atoms with Crippen molar-refractivity contribution in [1.29, 1.82) is 0 Å². The Labute approximate surface area is 169 Å². The lowest BCUT2D eigenvalue weighted by molar-refractivity contribution is -0.649. The Morgan fingerprint density at radius 3 is 2.21 bits per heavy atom. The maximum absolute atomic E-state index is 10.7. The van der Waals surface area contributed by atoms with Crippen LogP contribution in [0.5, 0.6) is 11.5 Å². The van der Waals surface area contributed by atoms with Crippen molar-refractivity contribution >= 4 is 43.2 Å². The van der Waals surface area contributed by atoms with Crippen molar-refractivity contribution in [1.82, 2.24) is 0 Å². The van der Waals surface area contributed by atoms with E-state index in [1.54, 1.807) is 7.11 Å². The molecule has 1 heterocycles. The molecule has 4 heteroatoms. The number of ether oxygens (including phenoxy) is 1. The summed E-state index contributed by atoms with van der Waals surface area (Å²) in [7, 11) is 3.64. The summed E-state index contributed by atoms with van der Waals surface area (Å²) in [5, 5.41) is 18.6. The molecule has 0 aliphatic carbocycles. The fourth-order valence-electron chi connectivity index (χ4n) is 4.24. The van der Waals surface area contributed by atoms with Crippen LogP contribution >= 0.6 is 0 Å². The Morgan fingerprint density at radius 1 is 0.821 bits per heavy atom. The first kappa shape index (κ1) is 18.3.